The van der Waals surface area contributed by atoms with Crippen LogP contribution >= 0.6 is 0 Å². The molecule has 10 nitrogen and oxygen atoms in total. The zero-order chi connectivity index (χ0) is 26.0. The summed E-state index contributed by atoms with van der Waals surface area (Å²) >= 11 is 0. The summed E-state index contributed by atoms with van der Waals surface area (Å²) in [6, 6.07) is 20.6. The van der Waals surface area contributed by atoms with Crippen LogP contribution in [0.25, 0.3) is 11.4 Å². The van der Waals surface area contributed by atoms with E-state index in [0.29, 0.717) is 57.8 Å². The van der Waals surface area contributed by atoms with Crippen molar-refractivity contribution in [3.05, 3.63) is 78.4 Å². The van der Waals surface area contributed by atoms with Crippen molar-refractivity contribution in [2.75, 3.05) is 18.5 Å². The maximum Gasteiger partial charge on any atom is 0.305 e. The topological polar surface area (TPSA) is 136 Å². The van der Waals surface area contributed by atoms with Crippen molar-refractivity contribution in [1.29, 1.82) is 0 Å². The normalized spacial score (nSPS) is 11.5. The van der Waals surface area contributed by atoms with Gasteiger partial charge in [-0.3, -0.25) is 9.59 Å². The van der Waals surface area contributed by atoms with Crippen LogP contribution < -0.4 is 10.1 Å². The summed E-state index contributed by atoms with van der Waals surface area (Å²) in [5.41, 5.74) is 1.41. The number of hydrogen-bond acceptors (Lipinski definition) is 8. The monoisotopic (exact) mass is 519 g/mol. The number of nitrogens with zero attached hydrogens (tertiary/aromatic N) is 3. The Morgan fingerprint density at radius 1 is 0.973 bits per heavy atom. The summed E-state index contributed by atoms with van der Waals surface area (Å²) in [4.78, 5) is 25.3. The van der Waals surface area contributed by atoms with E-state index in [1.165, 1.54) is 0 Å². The summed E-state index contributed by atoms with van der Waals surface area (Å²) < 4.78 is 24.1. The van der Waals surface area contributed by atoms with E-state index in [4.69, 9.17) is 9.47 Å². The Labute approximate surface area is 215 Å². The van der Waals surface area contributed by atoms with E-state index in [9.17, 15) is 13.8 Å². The molecule has 4 aromatic rings. The standard InChI is InChI=1S/C26H25N5O5S/c1-2-35-24(32)12-7-17-36-19-15-13-18(14-16-19)26(33)27-21-9-4-6-11-23(21)37(34)22-10-5-3-8-20(22)25-28-30-31-29-25/h3-6,8-11,13-16H,2,7,12,17H2,1H3,(H,27,33)(H,28,29,30,31). The van der Waals surface area contributed by atoms with Crippen LogP contribution in [0.4, 0.5) is 5.69 Å². The summed E-state index contributed by atoms with van der Waals surface area (Å²) in [5, 5.41) is 16.8. The van der Waals surface area contributed by atoms with E-state index in [2.05, 4.69) is 25.9 Å². The summed E-state index contributed by atoms with van der Waals surface area (Å²) in [7, 11) is -1.63. The lowest BCUT2D eigenvalue weighted by atomic mass is 10.2. The van der Waals surface area contributed by atoms with Crippen LogP contribution in [0.1, 0.15) is 30.1 Å². The van der Waals surface area contributed by atoms with Gasteiger partial charge in [0.1, 0.15) is 5.75 Å². The molecule has 11 heteroatoms. The smallest absolute Gasteiger partial charge is 0.305 e. The highest BCUT2D eigenvalue weighted by Crippen LogP contribution is 2.30. The van der Waals surface area contributed by atoms with Crippen molar-refractivity contribution in [1.82, 2.24) is 20.6 Å². The SMILES string of the molecule is CCOC(=O)CCCOc1ccc(C(=O)Nc2ccccc2S(=O)c2ccccc2-c2nn[nH]n2)cc1. The number of aromatic nitrogens is 4. The van der Waals surface area contributed by atoms with E-state index >= 15 is 0 Å². The average molecular weight is 520 g/mol. The number of benzene rings is 3. The van der Waals surface area contributed by atoms with Gasteiger partial charge in [0.2, 0.25) is 5.82 Å². The third kappa shape index (κ3) is 6.64. The van der Waals surface area contributed by atoms with Crippen molar-refractivity contribution < 1.29 is 23.3 Å². The minimum atomic E-state index is -1.63. The van der Waals surface area contributed by atoms with Gasteiger partial charge in [0.25, 0.3) is 5.91 Å². The Balaban J connectivity index is 1.43. The number of rotatable bonds is 11. The van der Waals surface area contributed by atoms with E-state index in [0.717, 1.165) is 0 Å². The molecule has 0 aliphatic carbocycles. The second-order valence-electron chi connectivity index (χ2n) is 7.73. The molecule has 1 amide bonds. The molecule has 0 saturated heterocycles. The maximum absolute atomic E-state index is 13.6. The zero-order valence-electron chi connectivity index (χ0n) is 20.0. The van der Waals surface area contributed by atoms with Gasteiger partial charge < -0.3 is 14.8 Å². The van der Waals surface area contributed by atoms with Crippen LogP contribution in [0.5, 0.6) is 5.75 Å². The number of carbonyl (C=O) groups is 2. The molecule has 0 fully saturated rings. The van der Waals surface area contributed by atoms with Gasteiger partial charge in [0, 0.05) is 17.5 Å². The quantitative estimate of drug-likeness (QED) is 0.224. The van der Waals surface area contributed by atoms with Crippen molar-refractivity contribution in [2.45, 2.75) is 29.6 Å². The fourth-order valence-corrected chi connectivity index (χ4v) is 4.79. The van der Waals surface area contributed by atoms with E-state index < -0.39 is 10.8 Å². The number of aromatic amines is 1. The lowest BCUT2D eigenvalue weighted by Gasteiger charge is -2.13. The van der Waals surface area contributed by atoms with Gasteiger partial charge in [-0.25, -0.2) is 4.21 Å². The van der Waals surface area contributed by atoms with Crippen LogP contribution in [0, 0.1) is 0 Å². The first-order valence-corrected chi connectivity index (χ1v) is 12.7. The second-order valence-corrected chi connectivity index (χ2v) is 9.15. The minimum absolute atomic E-state index is 0.252. The van der Waals surface area contributed by atoms with E-state index in [-0.39, 0.29) is 18.3 Å². The van der Waals surface area contributed by atoms with Crippen molar-refractivity contribution in [3.63, 3.8) is 0 Å². The van der Waals surface area contributed by atoms with Crippen molar-refractivity contribution in [2.24, 2.45) is 0 Å². The van der Waals surface area contributed by atoms with Gasteiger partial charge in [-0.15, -0.1) is 10.2 Å². The molecule has 0 bridgehead atoms. The van der Waals surface area contributed by atoms with Gasteiger partial charge in [-0.05, 0) is 67.1 Å². The number of ether oxygens (including phenoxy) is 2. The molecule has 1 unspecified atom stereocenters. The molecular formula is C26H25N5O5S. The van der Waals surface area contributed by atoms with E-state index in [1.54, 1.807) is 79.7 Å². The van der Waals surface area contributed by atoms with E-state index in [1.807, 2.05) is 0 Å². The predicted molar refractivity (Wildman–Crippen MR) is 136 cm³/mol. The molecule has 1 atom stereocenters. The molecule has 1 aromatic heterocycles. The number of H-pyrrole nitrogens is 1. The Hall–Kier alpha value is -4.38. The third-order valence-corrected chi connectivity index (χ3v) is 6.73. The minimum Gasteiger partial charge on any atom is -0.494 e. The summed E-state index contributed by atoms with van der Waals surface area (Å²) in [6.07, 6.45) is 0.819. The molecule has 4 rings (SSSR count). The third-order valence-electron chi connectivity index (χ3n) is 5.22. The number of anilines is 1. The number of tetrazole rings is 1. The second kappa shape index (κ2) is 12.5. The van der Waals surface area contributed by atoms with Crippen molar-refractivity contribution in [3.8, 4) is 17.1 Å². The lowest BCUT2D eigenvalue weighted by Crippen LogP contribution is -2.14. The highest BCUT2D eigenvalue weighted by Gasteiger charge is 2.19. The number of carbonyl (C=O) groups excluding carboxylic acids is 2. The molecule has 37 heavy (non-hydrogen) atoms. The summed E-state index contributed by atoms with van der Waals surface area (Å²) in [6.45, 7) is 2.48. The van der Waals surface area contributed by atoms with Gasteiger partial charge in [0.05, 0.1) is 39.5 Å². The molecule has 3 aromatic carbocycles. The van der Waals surface area contributed by atoms with Crippen LogP contribution in [0.15, 0.2) is 82.6 Å². The van der Waals surface area contributed by atoms with Gasteiger partial charge >= 0.3 is 5.97 Å². The number of para-hydroxylation sites is 1. The molecule has 0 radical (unpaired) electrons. The molecular weight excluding hydrogens is 494 g/mol. The van der Waals surface area contributed by atoms with Crippen LogP contribution in [-0.2, 0) is 20.3 Å². The Morgan fingerprint density at radius 2 is 1.70 bits per heavy atom. The molecule has 0 aliphatic rings. The fourth-order valence-electron chi connectivity index (χ4n) is 3.48. The molecule has 0 spiro atoms. The number of nitrogens with one attached hydrogen (secondary N) is 2. The van der Waals surface area contributed by atoms with Gasteiger partial charge in [-0.2, -0.15) is 5.21 Å². The molecule has 2 N–H and O–H groups in total. The molecule has 1 heterocycles. The van der Waals surface area contributed by atoms with Crippen molar-refractivity contribution >= 4 is 28.4 Å². The maximum atomic E-state index is 13.6. The highest BCUT2D eigenvalue weighted by molar-refractivity contribution is 7.85. The predicted octanol–water partition coefficient (Wildman–Crippen LogP) is 4.01. The van der Waals surface area contributed by atoms with Crippen LogP contribution in [0.3, 0.4) is 0 Å². The first-order chi connectivity index (χ1) is 18.1. The molecule has 0 saturated carbocycles. The zero-order valence-corrected chi connectivity index (χ0v) is 20.9. The lowest BCUT2D eigenvalue weighted by molar-refractivity contribution is -0.143. The Bertz CT molecular complexity index is 1380. The van der Waals surface area contributed by atoms with Gasteiger partial charge in [0.15, 0.2) is 0 Å². The number of hydrogen-bond donors (Lipinski definition) is 2. The van der Waals surface area contributed by atoms with Gasteiger partial charge in [-0.1, -0.05) is 24.3 Å². The van der Waals surface area contributed by atoms with Crippen LogP contribution in [-0.4, -0.2) is 49.9 Å². The Kier molecular flexibility index (Phi) is 8.71. The first-order valence-electron chi connectivity index (χ1n) is 11.6. The van der Waals surface area contributed by atoms with Crippen LogP contribution in [0.2, 0.25) is 0 Å². The Morgan fingerprint density at radius 3 is 2.43 bits per heavy atom. The average Bonchev–Trinajstić information content (AvgIpc) is 3.47. The molecule has 0 aliphatic heterocycles. The molecule has 190 valence electrons. The number of esters is 1. The number of amides is 1. The fraction of sp³-hybridized carbons (Fsp3) is 0.192. The highest BCUT2D eigenvalue weighted by atomic mass is 32.2. The first kappa shape index (κ1) is 25.7. The largest absolute Gasteiger partial charge is 0.494 e. The summed E-state index contributed by atoms with van der Waals surface area (Å²) in [5.74, 6) is 0.302.